The molecule has 0 aliphatic carbocycles. The number of amides is 2. The third-order valence-electron chi connectivity index (χ3n) is 6.73. The lowest BCUT2D eigenvalue weighted by Gasteiger charge is -2.32. The summed E-state index contributed by atoms with van der Waals surface area (Å²) in [4.78, 5) is 30.4. The van der Waals surface area contributed by atoms with E-state index in [0.717, 1.165) is 30.2 Å². The molecule has 1 aromatic rings. The molecule has 148 valence electrons. The van der Waals surface area contributed by atoms with Crippen molar-refractivity contribution in [2.75, 3.05) is 31.1 Å². The minimum atomic E-state index is -0.619. The van der Waals surface area contributed by atoms with Gasteiger partial charge in [0.25, 0.3) is 0 Å². The molecular weight excluding hydrogens is 372 g/mol. The molecule has 0 aromatic heterocycles. The van der Waals surface area contributed by atoms with Crippen molar-refractivity contribution in [2.45, 2.75) is 32.1 Å². The topological polar surface area (TPSA) is 49.9 Å². The first-order valence-corrected chi connectivity index (χ1v) is 11.2. The average molecular weight is 399 g/mol. The smallest absolute Gasteiger partial charge is 0.230 e. The Labute approximate surface area is 170 Å². The number of aryl methyl sites for hydroxylation is 2. The molecule has 28 heavy (non-hydrogen) atoms. The van der Waals surface area contributed by atoms with Crippen molar-refractivity contribution < 1.29 is 14.3 Å². The van der Waals surface area contributed by atoms with Gasteiger partial charge in [0, 0.05) is 31.1 Å². The molecule has 2 bridgehead atoms. The average Bonchev–Trinajstić information content (AvgIpc) is 3.33. The van der Waals surface area contributed by atoms with Crippen molar-refractivity contribution in [1.29, 1.82) is 0 Å². The number of benzene rings is 1. The highest BCUT2D eigenvalue weighted by Crippen LogP contribution is 2.52. The molecule has 1 aromatic carbocycles. The number of hydrogen-bond donors (Lipinski definition) is 0. The highest BCUT2D eigenvalue weighted by Gasteiger charge is 2.67. The first-order chi connectivity index (χ1) is 13.5. The zero-order valence-corrected chi connectivity index (χ0v) is 17.2. The summed E-state index contributed by atoms with van der Waals surface area (Å²) in [7, 11) is 0. The van der Waals surface area contributed by atoms with Gasteiger partial charge in [-0.3, -0.25) is 9.59 Å². The van der Waals surface area contributed by atoms with Gasteiger partial charge in [-0.25, -0.2) is 0 Å². The Bertz CT molecular complexity index is 863. The van der Waals surface area contributed by atoms with E-state index in [1.165, 1.54) is 11.1 Å². The van der Waals surface area contributed by atoms with Gasteiger partial charge in [-0.15, -0.1) is 0 Å². The van der Waals surface area contributed by atoms with Crippen molar-refractivity contribution >= 4 is 23.6 Å². The minimum Gasteiger partial charge on any atom is -0.360 e. The number of thioether (sulfide) groups is 1. The fraction of sp³-hybridized carbons (Fsp3) is 0.545. The molecule has 0 unspecified atom stereocenters. The normalized spacial score (nSPS) is 33.6. The highest BCUT2D eigenvalue weighted by molar-refractivity contribution is 7.99. The van der Waals surface area contributed by atoms with Crippen LogP contribution in [0.5, 0.6) is 0 Å². The Kier molecular flexibility index (Phi) is 4.32. The first kappa shape index (κ1) is 18.3. The number of hydrogen-bond acceptors (Lipinski definition) is 4. The quantitative estimate of drug-likeness (QED) is 0.733. The first-order valence-electron chi connectivity index (χ1n) is 10.1. The molecule has 3 saturated heterocycles. The predicted octanol–water partition coefficient (Wildman–Crippen LogP) is 2.16. The van der Waals surface area contributed by atoms with Crippen LogP contribution in [-0.2, 0) is 20.9 Å². The molecular formula is C22H26N2O3S. The van der Waals surface area contributed by atoms with Crippen molar-refractivity contribution in [3.8, 4) is 0 Å². The summed E-state index contributed by atoms with van der Waals surface area (Å²) in [5.41, 5.74) is 2.99. The number of carbonyl (C=O) groups is 2. The lowest BCUT2D eigenvalue weighted by atomic mass is 9.76. The van der Waals surface area contributed by atoms with Crippen molar-refractivity contribution in [1.82, 2.24) is 9.80 Å². The molecule has 5 nitrogen and oxygen atoms in total. The van der Waals surface area contributed by atoms with E-state index in [-0.39, 0.29) is 29.8 Å². The molecule has 2 amide bonds. The number of carbonyl (C=O) groups excluding carboxylic acids is 2. The van der Waals surface area contributed by atoms with Crippen LogP contribution < -0.4 is 0 Å². The molecule has 1 spiro atoms. The second-order valence-electron chi connectivity index (χ2n) is 8.45. The summed E-state index contributed by atoms with van der Waals surface area (Å²) >= 11 is 1.88. The van der Waals surface area contributed by atoms with E-state index in [1.54, 1.807) is 0 Å². The second-order valence-corrected chi connectivity index (χ2v) is 9.68. The van der Waals surface area contributed by atoms with Crippen molar-refractivity contribution in [2.24, 2.45) is 11.8 Å². The van der Waals surface area contributed by atoms with Crippen LogP contribution in [0.1, 0.15) is 16.7 Å². The zero-order valence-electron chi connectivity index (χ0n) is 16.4. The second kappa shape index (κ2) is 6.63. The van der Waals surface area contributed by atoms with Crippen molar-refractivity contribution in [3.05, 3.63) is 47.0 Å². The van der Waals surface area contributed by atoms with E-state index in [4.69, 9.17) is 4.74 Å². The van der Waals surface area contributed by atoms with E-state index in [2.05, 4.69) is 32.0 Å². The Morgan fingerprint density at radius 2 is 2.04 bits per heavy atom. The van der Waals surface area contributed by atoms with Crippen LogP contribution in [0.3, 0.4) is 0 Å². The van der Waals surface area contributed by atoms with Gasteiger partial charge in [-0.2, -0.15) is 11.8 Å². The summed E-state index contributed by atoms with van der Waals surface area (Å²) in [5.74, 6) is 1.37. The molecule has 6 heteroatoms. The Hall–Kier alpha value is -1.79. The maximum atomic E-state index is 13.4. The minimum absolute atomic E-state index is 0.0646. The van der Waals surface area contributed by atoms with E-state index in [1.807, 2.05) is 33.7 Å². The van der Waals surface area contributed by atoms with Gasteiger partial charge >= 0.3 is 0 Å². The van der Waals surface area contributed by atoms with Gasteiger partial charge in [-0.1, -0.05) is 30.4 Å². The summed E-state index contributed by atoms with van der Waals surface area (Å²) in [5, 5.41) is 0. The molecule has 3 fully saturated rings. The maximum Gasteiger partial charge on any atom is 0.230 e. The van der Waals surface area contributed by atoms with Crippen LogP contribution in [0.25, 0.3) is 0 Å². The third-order valence-corrected chi connectivity index (χ3v) is 7.67. The molecule has 5 rings (SSSR count). The highest BCUT2D eigenvalue weighted by atomic mass is 32.2. The molecule has 0 N–H and O–H groups in total. The standard InChI is InChI=1S/C22H26N2O3S/c1-14-3-4-16(11-15(14)2)12-24-13-22-6-5-17(27-22)18(19(22)21(24)26)20(25)23-7-9-28-10-8-23/h3-6,11,17-19H,7-10,12-13H2,1-2H3/t17-,18+,19+,22-/m0/s1. The third kappa shape index (κ3) is 2.72. The molecule has 0 radical (unpaired) electrons. The van der Waals surface area contributed by atoms with E-state index in [0.29, 0.717) is 13.1 Å². The maximum absolute atomic E-state index is 13.4. The van der Waals surface area contributed by atoms with E-state index < -0.39 is 5.60 Å². The van der Waals surface area contributed by atoms with Gasteiger partial charge in [-0.05, 0) is 30.5 Å². The number of nitrogens with zero attached hydrogens (tertiary/aromatic N) is 2. The van der Waals surface area contributed by atoms with E-state index in [9.17, 15) is 9.59 Å². The Balaban J connectivity index is 1.39. The molecule has 4 aliphatic rings. The summed E-state index contributed by atoms with van der Waals surface area (Å²) in [6.07, 6.45) is 3.79. The van der Waals surface area contributed by atoms with Crippen LogP contribution >= 0.6 is 11.8 Å². The Morgan fingerprint density at radius 1 is 1.25 bits per heavy atom. The Morgan fingerprint density at radius 3 is 2.79 bits per heavy atom. The van der Waals surface area contributed by atoms with Crippen LogP contribution in [0.2, 0.25) is 0 Å². The molecule has 0 saturated carbocycles. The molecule has 4 aliphatic heterocycles. The lowest BCUT2D eigenvalue weighted by Crippen LogP contribution is -2.48. The van der Waals surface area contributed by atoms with Crippen LogP contribution in [0, 0.1) is 25.7 Å². The van der Waals surface area contributed by atoms with Gasteiger partial charge in [0.2, 0.25) is 11.8 Å². The summed E-state index contributed by atoms with van der Waals surface area (Å²) < 4.78 is 6.26. The van der Waals surface area contributed by atoms with Gasteiger partial charge in [0.05, 0.1) is 24.5 Å². The summed E-state index contributed by atoms with van der Waals surface area (Å²) in [6.45, 7) is 6.85. The lowest BCUT2D eigenvalue weighted by molar-refractivity contribution is -0.143. The fourth-order valence-electron chi connectivity index (χ4n) is 5.11. The number of fused-ring (bicyclic) bond motifs is 1. The monoisotopic (exact) mass is 398 g/mol. The van der Waals surface area contributed by atoms with Crippen molar-refractivity contribution in [3.63, 3.8) is 0 Å². The van der Waals surface area contributed by atoms with E-state index >= 15 is 0 Å². The SMILES string of the molecule is Cc1ccc(CN2C[C@]34C=C[C@H](O3)[C@@H](C(=O)N3CCSCC3)[C@@H]4C2=O)cc1C. The van der Waals surface area contributed by atoms with Crippen LogP contribution in [-0.4, -0.2) is 64.5 Å². The van der Waals surface area contributed by atoms with Gasteiger partial charge < -0.3 is 14.5 Å². The predicted molar refractivity (Wildman–Crippen MR) is 109 cm³/mol. The number of likely N-dealkylation sites (tertiary alicyclic amines) is 1. The number of rotatable bonds is 3. The molecule has 4 heterocycles. The fourth-order valence-corrected chi connectivity index (χ4v) is 6.01. The number of ether oxygens (including phenoxy) is 1. The zero-order chi connectivity index (χ0) is 19.5. The largest absolute Gasteiger partial charge is 0.360 e. The summed E-state index contributed by atoms with van der Waals surface area (Å²) in [6, 6.07) is 6.34. The van der Waals surface area contributed by atoms with Gasteiger partial charge in [0.1, 0.15) is 5.60 Å². The van der Waals surface area contributed by atoms with Crippen LogP contribution in [0.15, 0.2) is 30.4 Å². The van der Waals surface area contributed by atoms with Gasteiger partial charge in [0.15, 0.2) is 0 Å². The van der Waals surface area contributed by atoms with Crippen LogP contribution in [0.4, 0.5) is 0 Å². The molecule has 4 atom stereocenters.